The van der Waals surface area contributed by atoms with E-state index in [4.69, 9.17) is 17.3 Å². The average molecular weight is 289 g/mol. The van der Waals surface area contributed by atoms with E-state index in [0.717, 1.165) is 11.1 Å². The maximum absolute atomic E-state index is 12.0. The number of benzene rings is 2. The van der Waals surface area contributed by atoms with Crippen LogP contribution in [0, 0.1) is 0 Å². The first kappa shape index (κ1) is 14.4. The molecule has 20 heavy (non-hydrogen) atoms. The van der Waals surface area contributed by atoms with Crippen molar-refractivity contribution in [3.05, 3.63) is 64.7 Å². The molecular formula is C16H17ClN2O. The van der Waals surface area contributed by atoms with Crippen LogP contribution in [0.25, 0.3) is 0 Å². The fourth-order valence-electron chi connectivity index (χ4n) is 1.98. The van der Waals surface area contributed by atoms with Gasteiger partial charge in [0.25, 0.3) is 0 Å². The number of carbonyl (C=O) groups excluding carboxylic acids is 1. The molecule has 104 valence electrons. The standard InChI is InChI=1S/C16H17ClN2O/c1-11(12-6-8-14(18)9-7-12)19-16(20)10-13-4-2-3-5-15(13)17/h2-9,11H,10,18H2,1H3,(H,19,20). The highest BCUT2D eigenvalue weighted by molar-refractivity contribution is 6.31. The molecule has 2 aromatic rings. The van der Waals surface area contributed by atoms with E-state index in [2.05, 4.69) is 5.32 Å². The molecule has 3 N–H and O–H groups in total. The summed E-state index contributed by atoms with van der Waals surface area (Å²) in [6.07, 6.45) is 0.277. The van der Waals surface area contributed by atoms with Crippen LogP contribution in [-0.2, 0) is 11.2 Å². The molecule has 0 fully saturated rings. The Kier molecular flexibility index (Phi) is 4.64. The Balaban J connectivity index is 1.98. The lowest BCUT2D eigenvalue weighted by Crippen LogP contribution is -2.28. The Hall–Kier alpha value is -2.00. The van der Waals surface area contributed by atoms with Crippen LogP contribution >= 0.6 is 11.6 Å². The van der Waals surface area contributed by atoms with E-state index in [1.165, 1.54) is 0 Å². The van der Waals surface area contributed by atoms with Crippen LogP contribution in [0.15, 0.2) is 48.5 Å². The Bertz CT molecular complexity index is 596. The fraction of sp³-hybridized carbons (Fsp3) is 0.188. The molecule has 0 radical (unpaired) electrons. The van der Waals surface area contributed by atoms with E-state index in [1.54, 1.807) is 6.07 Å². The molecule has 0 saturated carbocycles. The lowest BCUT2D eigenvalue weighted by atomic mass is 10.1. The Labute approximate surface area is 123 Å². The third-order valence-corrected chi connectivity index (χ3v) is 3.49. The van der Waals surface area contributed by atoms with Crippen LogP contribution in [0.4, 0.5) is 5.69 Å². The molecule has 0 aliphatic heterocycles. The second-order valence-corrected chi connectivity index (χ2v) is 5.13. The average Bonchev–Trinajstić information content (AvgIpc) is 2.42. The maximum Gasteiger partial charge on any atom is 0.224 e. The molecule has 0 aliphatic carbocycles. The highest BCUT2D eigenvalue weighted by Gasteiger charge is 2.11. The van der Waals surface area contributed by atoms with Crippen molar-refractivity contribution >= 4 is 23.2 Å². The van der Waals surface area contributed by atoms with Gasteiger partial charge in [0.2, 0.25) is 5.91 Å². The van der Waals surface area contributed by atoms with Gasteiger partial charge in [-0.15, -0.1) is 0 Å². The van der Waals surface area contributed by atoms with Gasteiger partial charge >= 0.3 is 0 Å². The van der Waals surface area contributed by atoms with Gasteiger partial charge in [-0.25, -0.2) is 0 Å². The molecule has 4 heteroatoms. The van der Waals surface area contributed by atoms with Crippen molar-refractivity contribution in [3.63, 3.8) is 0 Å². The molecule has 1 atom stereocenters. The first-order chi connectivity index (χ1) is 9.56. The lowest BCUT2D eigenvalue weighted by molar-refractivity contribution is -0.121. The summed E-state index contributed by atoms with van der Waals surface area (Å²) in [5.74, 6) is -0.0533. The second-order valence-electron chi connectivity index (χ2n) is 4.72. The van der Waals surface area contributed by atoms with Crippen molar-refractivity contribution in [2.75, 3.05) is 5.73 Å². The number of carbonyl (C=O) groups is 1. The summed E-state index contributed by atoms with van der Waals surface area (Å²) < 4.78 is 0. The predicted octanol–water partition coefficient (Wildman–Crippen LogP) is 3.34. The molecule has 2 aromatic carbocycles. The van der Waals surface area contributed by atoms with Gasteiger partial charge in [0.15, 0.2) is 0 Å². The van der Waals surface area contributed by atoms with Crippen LogP contribution in [-0.4, -0.2) is 5.91 Å². The smallest absolute Gasteiger partial charge is 0.224 e. The first-order valence-electron chi connectivity index (χ1n) is 6.44. The molecule has 0 aliphatic rings. The second kappa shape index (κ2) is 6.44. The SMILES string of the molecule is CC(NC(=O)Cc1ccccc1Cl)c1ccc(N)cc1. The van der Waals surface area contributed by atoms with Gasteiger partial charge in [0.05, 0.1) is 12.5 Å². The zero-order valence-electron chi connectivity index (χ0n) is 11.3. The molecule has 0 saturated heterocycles. The quantitative estimate of drug-likeness (QED) is 0.848. The summed E-state index contributed by atoms with van der Waals surface area (Å²) in [7, 11) is 0. The molecule has 2 rings (SSSR count). The summed E-state index contributed by atoms with van der Waals surface area (Å²) in [4.78, 5) is 12.0. The van der Waals surface area contributed by atoms with Crippen molar-refractivity contribution < 1.29 is 4.79 Å². The summed E-state index contributed by atoms with van der Waals surface area (Å²) in [6.45, 7) is 1.94. The summed E-state index contributed by atoms with van der Waals surface area (Å²) in [5.41, 5.74) is 8.21. The fourth-order valence-corrected chi connectivity index (χ4v) is 2.18. The van der Waals surface area contributed by atoms with Crippen molar-refractivity contribution in [1.82, 2.24) is 5.32 Å². The van der Waals surface area contributed by atoms with Gasteiger partial charge < -0.3 is 11.1 Å². The number of nitrogen functional groups attached to an aromatic ring is 1. The van der Waals surface area contributed by atoms with Gasteiger partial charge in [0, 0.05) is 10.7 Å². The van der Waals surface area contributed by atoms with Gasteiger partial charge in [-0.05, 0) is 36.2 Å². The normalized spacial score (nSPS) is 11.9. The number of nitrogens with two attached hydrogens (primary N) is 1. The number of hydrogen-bond donors (Lipinski definition) is 2. The molecule has 0 heterocycles. The number of rotatable bonds is 4. The third kappa shape index (κ3) is 3.75. The van der Waals surface area contributed by atoms with Gasteiger partial charge in [-0.2, -0.15) is 0 Å². The monoisotopic (exact) mass is 288 g/mol. The summed E-state index contributed by atoms with van der Waals surface area (Å²) >= 11 is 6.05. The van der Waals surface area contributed by atoms with Crippen molar-refractivity contribution in [2.45, 2.75) is 19.4 Å². The van der Waals surface area contributed by atoms with Gasteiger partial charge in [-0.3, -0.25) is 4.79 Å². The third-order valence-electron chi connectivity index (χ3n) is 3.12. The molecule has 0 bridgehead atoms. The Morgan fingerprint density at radius 3 is 2.50 bits per heavy atom. The summed E-state index contributed by atoms with van der Waals surface area (Å²) in [5, 5.41) is 3.57. The largest absolute Gasteiger partial charge is 0.399 e. The maximum atomic E-state index is 12.0. The van der Waals surface area contributed by atoms with Crippen LogP contribution in [0.5, 0.6) is 0 Å². The van der Waals surface area contributed by atoms with E-state index in [-0.39, 0.29) is 18.4 Å². The van der Waals surface area contributed by atoms with E-state index < -0.39 is 0 Å². The van der Waals surface area contributed by atoms with Crippen LogP contribution in [0.2, 0.25) is 5.02 Å². The van der Waals surface area contributed by atoms with E-state index in [9.17, 15) is 4.79 Å². The Morgan fingerprint density at radius 1 is 1.20 bits per heavy atom. The Morgan fingerprint density at radius 2 is 1.85 bits per heavy atom. The van der Waals surface area contributed by atoms with Crippen LogP contribution in [0.1, 0.15) is 24.1 Å². The molecule has 3 nitrogen and oxygen atoms in total. The van der Waals surface area contributed by atoms with Crippen LogP contribution in [0.3, 0.4) is 0 Å². The molecular weight excluding hydrogens is 272 g/mol. The van der Waals surface area contributed by atoms with Crippen molar-refractivity contribution in [2.24, 2.45) is 0 Å². The number of anilines is 1. The van der Waals surface area contributed by atoms with E-state index in [1.807, 2.05) is 49.4 Å². The van der Waals surface area contributed by atoms with E-state index in [0.29, 0.717) is 10.7 Å². The first-order valence-corrected chi connectivity index (χ1v) is 6.82. The van der Waals surface area contributed by atoms with E-state index >= 15 is 0 Å². The highest BCUT2D eigenvalue weighted by Crippen LogP contribution is 2.17. The van der Waals surface area contributed by atoms with Crippen molar-refractivity contribution in [3.8, 4) is 0 Å². The molecule has 1 unspecified atom stereocenters. The zero-order valence-corrected chi connectivity index (χ0v) is 12.0. The predicted molar refractivity (Wildman–Crippen MR) is 82.6 cm³/mol. The zero-order chi connectivity index (χ0) is 14.5. The topological polar surface area (TPSA) is 55.1 Å². The minimum absolute atomic E-state index is 0.0533. The number of nitrogens with one attached hydrogen (secondary N) is 1. The number of amides is 1. The molecule has 0 aromatic heterocycles. The molecule has 0 spiro atoms. The number of hydrogen-bond acceptors (Lipinski definition) is 2. The lowest BCUT2D eigenvalue weighted by Gasteiger charge is -2.15. The van der Waals surface area contributed by atoms with Crippen LogP contribution < -0.4 is 11.1 Å². The van der Waals surface area contributed by atoms with Crippen molar-refractivity contribution in [1.29, 1.82) is 0 Å². The highest BCUT2D eigenvalue weighted by atomic mass is 35.5. The van der Waals surface area contributed by atoms with Gasteiger partial charge in [0.1, 0.15) is 0 Å². The number of halogens is 1. The minimum Gasteiger partial charge on any atom is -0.399 e. The molecule has 1 amide bonds. The minimum atomic E-state index is -0.0643. The van der Waals surface area contributed by atoms with Gasteiger partial charge in [-0.1, -0.05) is 41.9 Å². The summed E-state index contributed by atoms with van der Waals surface area (Å²) in [6, 6.07) is 14.8.